The molecule has 1 heterocycles. The van der Waals surface area contributed by atoms with Gasteiger partial charge < -0.3 is 10.5 Å². The summed E-state index contributed by atoms with van der Waals surface area (Å²) in [4.78, 5) is 11.4. The SMILES string of the molecule is CCOC(=O)Cn1ncc2c1C[CH+]C[C@H]2N. The van der Waals surface area contributed by atoms with Crippen LogP contribution in [0.2, 0.25) is 0 Å². The van der Waals surface area contributed by atoms with Crippen LogP contribution in [-0.4, -0.2) is 22.4 Å². The summed E-state index contributed by atoms with van der Waals surface area (Å²) in [7, 11) is 0. The van der Waals surface area contributed by atoms with Crippen LogP contribution in [0.4, 0.5) is 0 Å². The van der Waals surface area contributed by atoms with Crippen molar-refractivity contribution in [2.24, 2.45) is 5.73 Å². The highest BCUT2D eigenvalue weighted by Gasteiger charge is 2.27. The van der Waals surface area contributed by atoms with E-state index in [1.165, 1.54) is 0 Å². The summed E-state index contributed by atoms with van der Waals surface area (Å²) >= 11 is 0. The Kier molecular flexibility index (Phi) is 3.14. The highest BCUT2D eigenvalue weighted by atomic mass is 16.5. The van der Waals surface area contributed by atoms with E-state index in [2.05, 4.69) is 11.5 Å². The summed E-state index contributed by atoms with van der Waals surface area (Å²) in [5.74, 6) is -0.257. The van der Waals surface area contributed by atoms with Crippen LogP contribution < -0.4 is 5.73 Å². The number of rotatable bonds is 3. The van der Waals surface area contributed by atoms with Gasteiger partial charge in [0.05, 0.1) is 31.0 Å². The molecule has 0 fully saturated rings. The first-order valence-electron chi connectivity index (χ1n) is 5.49. The van der Waals surface area contributed by atoms with Gasteiger partial charge in [-0.1, -0.05) is 0 Å². The van der Waals surface area contributed by atoms with Crippen LogP contribution in [0.3, 0.4) is 0 Å². The van der Waals surface area contributed by atoms with E-state index >= 15 is 0 Å². The molecule has 0 spiro atoms. The molecule has 16 heavy (non-hydrogen) atoms. The minimum Gasteiger partial charge on any atom is -0.465 e. The second kappa shape index (κ2) is 4.57. The fraction of sp³-hybridized carbons (Fsp3) is 0.545. The van der Waals surface area contributed by atoms with E-state index in [1.807, 2.05) is 0 Å². The van der Waals surface area contributed by atoms with Crippen molar-refractivity contribution in [1.29, 1.82) is 0 Å². The number of hydrogen-bond acceptors (Lipinski definition) is 4. The largest absolute Gasteiger partial charge is 0.465 e. The molecular formula is C11H16N3O2+. The molecule has 1 atom stereocenters. The van der Waals surface area contributed by atoms with Gasteiger partial charge in [-0.15, -0.1) is 0 Å². The molecule has 0 unspecified atom stereocenters. The standard InChI is InChI=1S/C11H16N3O2/c1-2-16-11(15)7-14-10-5-3-4-9(12)8(10)6-13-14/h3,6,9H,2,4-5,7,12H2,1H3/q+1/t9-/m1/s1. The lowest BCUT2D eigenvalue weighted by molar-refractivity contribution is -0.144. The van der Waals surface area contributed by atoms with Crippen LogP contribution in [0, 0.1) is 6.42 Å². The molecular weight excluding hydrogens is 206 g/mol. The Balaban J connectivity index is 2.14. The topological polar surface area (TPSA) is 70.1 Å². The van der Waals surface area contributed by atoms with Crippen molar-refractivity contribution in [3.05, 3.63) is 23.9 Å². The summed E-state index contributed by atoms with van der Waals surface area (Å²) in [6, 6.07) is 0.0136. The van der Waals surface area contributed by atoms with E-state index in [1.54, 1.807) is 17.8 Å². The highest BCUT2D eigenvalue weighted by molar-refractivity contribution is 5.69. The first kappa shape index (κ1) is 11.0. The van der Waals surface area contributed by atoms with E-state index in [0.717, 1.165) is 24.1 Å². The number of carbonyl (C=O) groups excluding carboxylic acids is 1. The van der Waals surface area contributed by atoms with Crippen LogP contribution in [-0.2, 0) is 22.5 Å². The van der Waals surface area contributed by atoms with Crippen LogP contribution in [0.5, 0.6) is 0 Å². The van der Waals surface area contributed by atoms with Crippen LogP contribution in [0.25, 0.3) is 0 Å². The van der Waals surface area contributed by atoms with Gasteiger partial charge >= 0.3 is 5.97 Å². The van der Waals surface area contributed by atoms with Crippen molar-refractivity contribution in [3.8, 4) is 0 Å². The van der Waals surface area contributed by atoms with Gasteiger partial charge in [-0.3, -0.25) is 9.48 Å². The lowest BCUT2D eigenvalue weighted by atomic mass is 9.94. The Bertz CT molecular complexity index is 387. The molecule has 2 N–H and O–H groups in total. The van der Waals surface area contributed by atoms with Crippen molar-refractivity contribution in [2.45, 2.75) is 32.4 Å². The molecule has 5 heteroatoms. The zero-order chi connectivity index (χ0) is 11.5. The van der Waals surface area contributed by atoms with E-state index in [-0.39, 0.29) is 18.6 Å². The van der Waals surface area contributed by atoms with Crippen molar-refractivity contribution < 1.29 is 9.53 Å². The molecule has 86 valence electrons. The molecule has 2 rings (SSSR count). The smallest absolute Gasteiger partial charge is 0.327 e. The number of ether oxygens (including phenoxy) is 1. The average molecular weight is 222 g/mol. The molecule has 1 aliphatic carbocycles. The lowest BCUT2D eigenvalue weighted by Crippen LogP contribution is -2.21. The summed E-state index contributed by atoms with van der Waals surface area (Å²) in [6.45, 7) is 2.36. The maximum absolute atomic E-state index is 11.4. The van der Waals surface area contributed by atoms with Gasteiger partial charge in [-0.05, 0) is 6.92 Å². The van der Waals surface area contributed by atoms with Crippen molar-refractivity contribution in [3.63, 3.8) is 0 Å². The summed E-state index contributed by atoms with van der Waals surface area (Å²) in [5.41, 5.74) is 8.03. The minimum absolute atomic E-state index is 0.0136. The number of aromatic nitrogens is 2. The van der Waals surface area contributed by atoms with E-state index in [4.69, 9.17) is 10.5 Å². The molecule has 1 aliphatic rings. The Morgan fingerprint density at radius 2 is 2.62 bits per heavy atom. The predicted octanol–water partition coefficient (Wildman–Crippen LogP) is 0.596. The number of nitrogens with two attached hydrogens (primary N) is 1. The molecule has 0 amide bonds. The van der Waals surface area contributed by atoms with Crippen LogP contribution in [0.15, 0.2) is 6.20 Å². The van der Waals surface area contributed by atoms with Crippen molar-refractivity contribution in [1.82, 2.24) is 9.78 Å². The number of esters is 1. The molecule has 0 aromatic carbocycles. The van der Waals surface area contributed by atoms with Gasteiger partial charge in [-0.25, -0.2) is 0 Å². The van der Waals surface area contributed by atoms with Gasteiger partial charge in [0, 0.05) is 5.56 Å². The molecule has 0 saturated carbocycles. The zero-order valence-corrected chi connectivity index (χ0v) is 9.35. The second-order valence-corrected chi connectivity index (χ2v) is 3.84. The third-order valence-electron chi connectivity index (χ3n) is 2.72. The fourth-order valence-corrected chi connectivity index (χ4v) is 1.95. The first-order valence-corrected chi connectivity index (χ1v) is 5.49. The monoisotopic (exact) mass is 222 g/mol. The summed E-state index contributed by atoms with van der Waals surface area (Å²) in [5, 5.41) is 4.19. The van der Waals surface area contributed by atoms with Crippen molar-refractivity contribution >= 4 is 5.97 Å². The molecule has 1 aromatic rings. The van der Waals surface area contributed by atoms with Gasteiger partial charge in [0.2, 0.25) is 0 Å². The third kappa shape index (κ3) is 2.04. The molecule has 5 nitrogen and oxygen atoms in total. The highest BCUT2D eigenvalue weighted by Crippen LogP contribution is 2.26. The Labute approximate surface area is 94.6 Å². The molecule has 0 bridgehead atoms. The molecule has 1 aromatic heterocycles. The summed E-state index contributed by atoms with van der Waals surface area (Å²) < 4.78 is 6.58. The van der Waals surface area contributed by atoms with Crippen LogP contribution >= 0.6 is 0 Å². The third-order valence-corrected chi connectivity index (χ3v) is 2.72. The Hall–Kier alpha value is -1.49. The number of nitrogens with zero attached hydrogens (tertiary/aromatic N) is 2. The van der Waals surface area contributed by atoms with Gasteiger partial charge in [0.15, 0.2) is 0 Å². The zero-order valence-electron chi connectivity index (χ0n) is 9.35. The van der Waals surface area contributed by atoms with Gasteiger partial charge in [-0.2, -0.15) is 5.10 Å². The Morgan fingerprint density at radius 1 is 1.81 bits per heavy atom. The molecule has 0 aliphatic heterocycles. The summed E-state index contributed by atoms with van der Waals surface area (Å²) in [6.07, 6.45) is 5.57. The van der Waals surface area contributed by atoms with Crippen molar-refractivity contribution in [2.75, 3.05) is 6.61 Å². The van der Waals surface area contributed by atoms with E-state index < -0.39 is 0 Å². The number of fused-ring (bicyclic) bond motifs is 1. The normalized spacial score (nSPS) is 18.8. The maximum Gasteiger partial charge on any atom is 0.327 e. The maximum atomic E-state index is 11.4. The average Bonchev–Trinajstić information content (AvgIpc) is 2.64. The number of hydrogen-bond donors (Lipinski definition) is 1. The first-order chi connectivity index (χ1) is 7.72. The van der Waals surface area contributed by atoms with Gasteiger partial charge in [0.1, 0.15) is 19.4 Å². The lowest BCUT2D eigenvalue weighted by Gasteiger charge is -2.13. The van der Waals surface area contributed by atoms with Gasteiger partial charge in [0.25, 0.3) is 0 Å². The Morgan fingerprint density at radius 3 is 3.38 bits per heavy atom. The molecule has 0 radical (unpaired) electrons. The quantitative estimate of drug-likeness (QED) is 0.600. The fourth-order valence-electron chi connectivity index (χ4n) is 1.95. The van der Waals surface area contributed by atoms with Crippen LogP contribution in [0.1, 0.15) is 30.6 Å². The molecule has 0 saturated heterocycles. The number of carbonyl (C=O) groups is 1. The minimum atomic E-state index is -0.257. The van der Waals surface area contributed by atoms with E-state index in [0.29, 0.717) is 6.61 Å². The second-order valence-electron chi connectivity index (χ2n) is 3.84. The predicted molar refractivity (Wildman–Crippen MR) is 58.4 cm³/mol. The van der Waals surface area contributed by atoms with E-state index in [9.17, 15) is 4.79 Å².